The zero-order chi connectivity index (χ0) is 28.4. The van der Waals surface area contributed by atoms with E-state index in [-0.39, 0.29) is 17.7 Å². The molecule has 1 aromatic rings. The number of methoxy groups -OCH3 is 1. The van der Waals surface area contributed by atoms with Gasteiger partial charge in [-0.3, -0.25) is 14.9 Å². The summed E-state index contributed by atoms with van der Waals surface area (Å²) in [5.41, 5.74) is 0.0808. The largest absolute Gasteiger partial charge is 0.500 e. The van der Waals surface area contributed by atoms with E-state index < -0.39 is 25.8 Å². The Morgan fingerprint density at radius 1 is 0.895 bits per heavy atom. The van der Waals surface area contributed by atoms with Crippen molar-refractivity contribution in [2.24, 2.45) is 0 Å². The first kappa shape index (κ1) is 33.8. The van der Waals surface area contributed by atoms with Gasteiger partial charge in [-0.1, -0.05) is 51.9 Å². The molecule has 0 spiro atoms. The average molecular weight is 558 g/mol. The Morgan fingerprint density at radius 3 is 2.05 bits per heavy atom. The summed E-state index contributed by atoms with van der Waals surface area (Å²) < 4.78 is 32.9. The standard InChI is InChI=1S/C27H47NO9Si/c1-7-8-9-10-11-12-13-15-18-36-26-21-24(28(30)31)23(20-25(26)32-3)22(2)37-27(29)17-14-16-19-38(33-4,34-5)35-6/h20-22H,7-19H2,1-6H3. The van der Waals surface area contributed by atoms with Crippen LogP contribution in [0.1, 0.15) is 96.1 Å². The van der Waals surface area contributed by atoms with Gasteiger partial charge in [0.05, 0.1) is 30.3 Å². The van der Waals surface area contributed by atoms with Gasteiger partial charge in [-0.15, -0.1) is 0 Å². The average Bonchev–Trinajstić information content (AvgIpc) is 2.92. The summed E-state index contributed by atoms with van der Waals surface area (Å²) in [7, 11) is 3.43. The number of carbonyl (C=O) groups is 1. The minimum atomic E-state index is -2.69. The van der Waals surface area contributed by atoms with Crippen molar-refractivity contribution in [1.82, 2.24) is 0 Å². The number of carbonyl (C=O) groups excluding carboxylic acids is 1. The van der Waals surface area contributed by atoms with E-state index in [9.17, 15) is 14.9 Å². The van der Waals surface area contributed by atoms with Crippen LogP contribution in [0.15, 0.2) is 12.1 Å². The number of hydrogen-bond donors (Lipinski definition) is 0. The third-order valence-electron chi connectivity index (χ3n) is 6.56. The second-order valence-electron chi connectivity index (χ2n) is 9.28. The van der Waals surface area contributed by atoms with Gasteiger partial charge >= 0.3 is 14.8 Å². The molecule has 0 aliphatic heterocycles. The molecule has 1 unspecified atom stereocenters. The van der Waals surface area contributed by atoms with Crippen LogP contribution in [-0.4, -0.2) is 54.7 Å². The van der Waals surface area contributed by atoms with Crippen LogP contribution in [0.25, 0.3) is 0 Å². The second kappa shape index (κ2) is 18.9. The third-order valence-corrected chi connectivity index (χ3v) is 9.39. The molecule has 0 bridgehead atoms. The topological polar surface area (TPSA) is 116 Å². The summed E-state index contributed by atoms with van der Waals surface area (Å²) in [5, 5.41) is 11.8. The number of benzene rings is 1. The molecule has 0 fully saturated rings. The van der Waals surface area contributed by atoms with E-state index >= 15 is 0 Å². The summed E-state index contributed by atoms with van der Waals surface area (Å²) in [4.78, 5) is 23.8. The first-order valence-corrected chi connectivity index (χ1v) is 15.5. The Kier molecular flexibility index (Phi) is 16.9. The molecule has 1 atom stereocenters. The quantitative estimate of drug-likeness (QED) is 0.0500. The zero-order valence-electron chi connectivity index (χ0n) is 24.0. The Morgan fingerprint density at radius 2 is 1.50 bits per heavy atom. The fourth-order valence-corrected chi connectivity index (χ4v) is 6.02. The second-order valence-corrected chi connectivity index (χ2v) is 12.4. The van der Waals surface area contributed by atoms with Crippen molar-refractivity contribution in [2.75, 3.05) is 35.0 Å². The smallest absolute Gasteiger partial charge is 0.493 e. The van der Waals surface area contributed by atoms with Crippen molar-refractivity contribution in [3.63, 3.8) is 0 Å². The molecule has 218 valence electrons. The van der Waals surface area contributed by atoms with Gasteiger partial charge in [-0.25, -0.2) is 0 Å². The lowest BCUT2D eigenvalue weighted by molar-refractivity contribution is -0.386. The molecule has 0 amide bonds. The lowest BCUT2D eigenvalue weighted by atomic mass is 10.1. The van der Waals surface area contributed by atoms with Crippen LogP contribution in [0.5, 0.6) is 11.5 Å². The van der Waals surface area contributed by atoms with Crippen LogP contribution in [0, 0.1) is 10.1 Å². The van der Waals surface area contributed by atoms with Crippen LogP contribution < -0.4 is 9.47 Å². The molecule has 0 aliphatic rings. The van der Waals surface area contributed by atoms with Gasteiger partial charge in [0.25, 0.3) is 5.69 Å². The van der Waals surface area contributed by atoms with Crippen molar-refractivity contribution in [3.05, 3.63) is 27.8 Å². The van der Waals surface area contributed by atoms with Crippen LogP contribution in [0.3, 0.4) is 0 Å². The van der Waals surface area contributed by atoms with E-state index in [1.54, 1.807) is 28.3 Å². The molecule has 0 aliphatic carbocycles. The normalized spacial score (nSPS) is 12.3. The highest BCUT2D eigenvalue weighted by Gasteiger charge is 2.36. The summed E-state index contributed by atoms with van der Waals surface area (Å²) in [6.07, 6.45) is 9.90. The van der Waals surface area contributed by atoms with Gasteiger partial charge in [-0.2, -0.15) is 0 Å². The van der Waals surface area contributed by atoms with E-state index in [1.807, 2.05) is 0 Å². The van der Waals surface area contributed by atoms with Crippen molar-refractivity contribution >= 4 is 20.5 Å². The van der Waals surface area contributed by atoms with E-state index in [2.05, 4.69) is 6.92 Å². The summed E-state index contributed by atoms with van der Waals surface area (Å²) in [6.45, 7) is 4.27. The maximum atomic E-state index is 12.4. The molecule has 38 heavy (non-hydrogen) atoms. The molecule has 11 heteroatoms. The summed E-state index contributed by atoms with van der Waals surface area (Å²) in [6, 6.07) is 3.45. The number of rotatable bonds is 22. The Hall–Kier alpha value is -2.21. The van der Waals surface area contributed by atoms with Crippen LogP contribution >= 0.6 is 0 Å². The third kappa shape index (κ3) is 11.7. The number of nitro groups is 1. The van der Waals surface area contributed by atoms with Crippen LogP contribution in [0.4, 0.5) is 5.69 Å². The number of nitrogens with zero attached hydrogens (tertiary/aromatic N) is 1. The Bertz CT molecular complexity index is 825. The zero-order valence-corrected chi connectivity index (χ0v) is 25.0. The summed E-state index contributed by atoms with van der Waals surface area (Å²) >= 11 is 0. The van der Waals surface area contributed by atoms with Gasteiger partial charge < -0.3 is 27.5 Å². The molecule has 1 aromatic carbocycles. The van der Waals surface area contributed by atoms with Crippen molar-refractivity contribution in [3.8, 4) is 11.5 Å². The van der Waals surface area contributed by atoms with Crippen molar-refractivity contribution in [2.45, 2.75) is 96.6 Å². The maximum absolute atomic E-state index is 12.4. The molecule has 0 aromatic heterocycles. The van der Waals surface area contributed by atoms with E-state index in [1.165, 1.54) is 51.3 Å². The highest BCUT2D eigenvalue weighted by atomic mass is 28.4. The van der Waals surface area contributed by atoms with E-state index in [4.69, 9.17) is 27.5 Å². The number of unbranched alkanes of at least 4 members (excludes halogenated alkanes) is 8. The van der Waals surface area contributed by atoms with Crippen molar-refractivity contribution in [1.29, 1.82) is 0 Å². The minimum absolute atomic E-state index is 0.163. The van der Waals surface area contributed by atoms with Gasteiger partial charge in [0, 0.05) is 33.8 Å². The van der Waals surface area contributed by atoms with Gasteiger partial charge in [0.1, 0.15) is 6.10 Å². The van der Waals surface area contributed by atoms with Crippen LogP contribution in [0.2, 0.25) is 6.04 Å². The first-order valence-electron chi connectivity index (χ1n) is 13.6. The molecule has 10 nitrogen and oxygen atoms in total. The predicted molar refractivity (Wildman–Crippen MR) is 148 cm³/mol. The van der Waals surface area contributed by atoms with E-state index in [0.29, 0.717) is 37.0 Å². The monoisotopic (exact) mass is 557 g/mol. The Balaban J connectivity index is 2.67. The number of nitro benzene ring substituents is 1. The molecule has 1 rings (SSSR count). The minimum Gasteiger partial charge on any atom is -0.493 e. The SMILES string of the molecule is CCCCCCCCCCOc1cc([N+](=O)[O-])c(C(C)OC(=O)CCCC[Si](OC)(OC)OC)cc1OC. The Labute approximate surface area is 228 Å². The maximum Gasteiger partial charge on any atom is 0.500 e. The fraction of sp³-hybridized carbons (Fsp3) is 0.741. The number of esters is 1. The van der Waals surface area contributed by atoms with Crippen LogP contribution in [-0.2, 0) is 22.8 Å². The molecule has 0 heterocycles. The van der Waals surface area contributed by atoms with Gasteiger partial charge in [0.15, 0.2) is 11.5 Å². The van der Waals surface area contributed by atoms with E-state index in [0.717, 1.165) is 19.3 Å². The predicted octanol–water partition coefficient (Wildman–Crippen LogP) is 6.78. The number of ether oxygens (including phenoxy) is 3. The highest BCUT2D eigenvalue weighted by molar-refractivity contribution is 6.60. The van der Waals surface area contributed by atoms with Gasteiger partial charge in [0.2, 0.25) is 0 Å². The molecule has 0 saturated carbocycles. The molecular formula is C27H47NO9Si. The van der Waals surface area contributed by atoms with Crippen molar-refractivity contribution < 1.29 is 37.2 Å². The number of hydrogen-bond acceptors (Lipinski definition) is 9. The molecule has 0 saturated heterocycles. The first-order chi connectivity index (χ1) is 18.3. The molecular weight excluding hydrogens is 510 g/mol. The molecule has 0 N–H and O–H groups in total. The highest BCUT2D eigenvalue weighted by Crippen LogP contribution is 2.38. The summed E-state index contributed by atoms with van der Waals surface area (Å²) in [5.74, 6) is 0.236. The lowest BCUT2D eigenvalue weighted by Crippen LogP contribution is -2.42. The lowest BCUT2D eigenvalue weighted by Gasteiger charge is -2.24. The fourth-order valence-electron chi connectivity index (χ4n) is 4.23. The van der Waals surface area contributed by atoms with Gasteiger partial charge in [-0.05, 0) is 32.3 Å². The molecule has 0 radical (unpaired) electrons.